The summed E-state index contributed by atoms with van der Waals surface area (Å²) in [7, 11) is 0. The molecule has 2 amide bonds. The Morgan fingerprint density at radius 2 is 1.80 bits per heavy atom. The van der Waals surface area contributed by atoms with Gasteiger partial charge in [0.05, 0.1) is 0 Å². The number of hydrogen-bond acceptors (Lipinski definition) is 5. The fourth-order valence-electron chi connectivity index (χ4n) is 1.20. The summed E-state index contributed by atoms with van der Waals surface area (Å²) < 4.78 is 5.02. The Balaban J connectivity index is 4.20. The van der Waals surface area contributed by atoms with Crippen molar-refractivity contribution in [2.75, 3.05) is 6.54 Å². The van der Waals surface area contributed by atoms with E-state index >= 15 is 0 Å². The van der Waals surface area contributed by atoms with Crippen LogP contribution < -0.4 is 15.7 Å². The van der Waals surface area contributed by atoms with Gasteiger partial charge < -0.3 is 25.5 Å². The molecule has 7 heteroatoms. The predicted molar refractivity (Wildman–Crippen MR) is 74.4 cm³/mol. The molecule has 7 nitrogen and oxygen atoms in total. The lowest BCUT2D eigenvalue weighted by Crippen LogP contribution is -2.48. The lowest BCUT2D eigenvalue weighted by molar-refractivity contribution is -0.218. The van der Waals surface area contributed by atoms with Crippen LogP contribution in [0.2, 0.25) is 0 Å². The number of carbonyl (C=O) groups excluding carboxylic acids is 2. The van der Waals surface area contributed by atoms with Crippen molar-refractivity contribution >= 4 is 17.9 Å². The molecule has 0 spiro atoms. The minimum atomic E-state index is -0.795. The number of carbonyl (C=O) groups is 2. The van der Waals surface area contributed by atoms with Crippen LogP contribution in [0.4, 0.5) is 4.79 Å². The molecule has 0 radical (unpaired) electrons. The molecule has 0 aromatic carbocycles. The summed E-state index contributed by atoms with van der Waals surface area (Å²) in [6.07, 6.45) is -0.682. The third-order valence-corrected chi connectivity index (χ3v) is 1.94. The average Bonchev–Trinajstić information content (AvgIpc) is 2.21. The fraction of sp³-hybridized carbons (Fsp3) is 0.769. The zero-order valence-corrected chi connectivity index (χ0v) is 12.9. The molecule has 2 N–H and O–H groups in total. The Morgan fingerprint density at radius 3 is 2.25 bits per heavy atom. The highest BCUT2D eigenvalue weighted by Gasteiger charge is 2.20. The van der Waals surface area contributed by atoms with Crippen LogP contribution in [-0.4, -0.2) is 42.1 Å². The molecule has 0 saturated heterocycles. The van der Waals surface area contributed by atoms with Crippen molar-refractivity contribution in [3.8, 4) is 0 Å². The molecule has 0 aliphatic heterocycles. The first-order valence-electron chi connectivity index (χ1n) is 6.52. The van der Waals surface area contributed by atoms with Gasteiger partial charge in [-0.1, -0.05) is 0 Å². The van der Waals surface area contributed by atoms with E-state index in [0.29, 0.717) is 0 Å². The van der Waals surface area contributed by atoms with Crippen molar-refractivity contribution in [3.63, 3.8) is 0 Å². The van der Waals surface area contributed by atoms with Crippen molar-refractivity contribution in [2.24, 2.45) is 4.99 Å². The van der Waals surface area contributed by atoms with Crippen LogP contribution >= 0.6 is 0 Å². The monoisotopic (exact) mass is 286 g/mol. The minimum absolute atomic E-state index is 0.114. The zero-order chi connectivity index (χ0) is 15.9. The predicted octanol–water partition coefficient (Wildman–Crippen LogP) is 0.183. The summed E-state index contributed by atoms with van der Waals surface area (Å²) in [5, 5.41) is 16.1. The Kier molecular flexibility index (Phi) is 7.02. The van der Waals surface area contributed by atoms with Crippen molar-refractivity contribution in [2.45, 2.75) is 59.2 Å². The maximum Gasteiger partial charge on any atom is 0.408 e. The Hall–Kier alpha value is -1.79. The van der Waals surface area contributed by atoms with Crippen LogP contribution in [-0.2, 0) is 9.53 Å². The van der Waals surface area contributed by atoms with Gasteiger partial charge in [0.25, 0.3) is 0 Å². The number of amides is 2. The molecule has 116 valence electrons. The van der Waals surface area contributed by atoms with Gasteiger partial charge in [0.1, 0.15) is 11.6 Å². The van der Waals surface area contributed by atoms with Crippen LogP contribution in [0.1, 0.15) is 41.5 Å². The van der Waals surface area contributed by atoms with E-state index in [4.69, 9.17) is 4.74 Å². The summed E-state index contributed by atoms with van der Waals surface area (Å²) in [5.74, 6) is -0.874. The van der Waals surface area contributed by atoms with Gasteiger partial charge in [-0.15, -0.1) is 0 Å². The molecule has 0 aromatic heterocycles. The zero-order valence-electron chi connectivity index (χ0n) is 12.9. The van der Waals surface area contributed by atoms with E-state index < -0.39 is 29.5 Å². The molecule has 0 bridgehead atoms. The molecular weight excluding hydrogens is 262 g/mol. The number of nitrogens with one attached hydrogen (secondary N) is 2. The molecule has 0 heterocycles. The molecule has 0 rings (SSSR count). The highest BCUT2D eigenvalue weighted by Crippen LogP contribution is 2.06. The van der Waals surface area contributed by atoms with Crippen LogP contribution in [0, 0.1) is 0 Å². The van der Waals surface area contributed by atoms with Crippen LogP contribution in [0.5, 0.6) is 0 Å². The lowest BCUT2D eigenvalue weighted by Gasteiger charge is -2.22. The van der Waals surface area contributed by atoms with Crippen LogP contribution in [0.3, 0.4) is 0 Å². The first-order chi connectivity index (χ1) is 9.01. The van der Waals surface area contributed by atoms with E-state index in [0.717, 1.165) is 0 Å². The van der Waals surface area contributed by atoms with Crippen molar-refractivity contribution in [1.82, 2.24) is 10.6 Å². The molecule has 1 atom stereocenters. The number of nitrogens with zero attached hydrogens (tertiary/aromatic N) is 1. The van der Waals surface area contributed by atoms with Gasteiger partial charge in [-0.3, -0.25) is 4.79 Å². The van der Waals surface area contributed by atoms with E-state index in [1.54, 1.807) is 34.6 Å². The van der Waals surface area contributed by atoms with Gasteiger partial charge in [0, 0.05) is 12.6 Å². The van der Waals surface area contributed by atoms with Gasteiger partial charge in [0.15, 0.2) is 0 Å². The van der Waals surface area contributed by atoms with E-state index in [2.05, 4.69) is 15.6 Å². The quantitative estimate of drug-likeness (QED) is 0.556. The van der Waals surface area contributed by atoms with Gasteiger partial charge in [-0.25, -0.2) is 4.79 Å². The van der Waals surface area contributed by atoms with E-state index in [1.165, 1.54) is 6.92 Å². The third kappa shape index (κ3) is 9.18. The van der Waals surface area contributed by atoms with Gasteiger partial charge in [-0.2, -0.15) is 0 Å². The summed E-state index contributed by atoms with van der Waals surface area (Å²) in [6.45, 7) is 10.0. The summed E-state index contributed by atoms with van der Waals surface area (Å²) in [5.41, 5.74) is -0.633. The Bertz CT molecular complexity index is 372. The maximum absolute atomic E-state index is 11.7. The molecule has 0 aromatic rings. The standard InChI is InChI=1S/C13H25N3O4/c1-8(2)15-10(17)7-14-11(18)9(3)16-12(19)20-13(4,5)6/h8-9H,7H2,1-6H3,(H,14,18)(H,15,17)(H,16,19)/p-1/t9-/m0/s1. The van der Waals surface area contributed by atoms with Crippen LogP contribution in [0.15, 0.2) is 4.99 Å². The largest absolute Gasteiger partial charge is 0.861 e. The number of alkyl carbamates (subject to hydrolysis) is 1. The summed E-state index contributed by atoms with van der Waals surface area (Å²) in [6, 6.07) is -0.909. The molecule has 0 fully saturated rings. The number of rotatable bonds is 5. The number of ether oxygens (including phenoxy) is 1. The van der Waals surface area contributed by atoms with E-state index in [1.807, 2.05) is 0 Å². The second-order valence-electron chi connectivity index (χ2n) is 5.70. The van der Waals surface area contributed by atoms with Crippen LogP contribution in [0.25, 0.3) is 0 Å². The van der Waals surface area contributed by atoms with Gasteiger partial charge in [0.2, 0.25) is 5.91 Å². The average molecular weight is 286 g/mol. The first-order valence-corrected chi connectivity index (χ1v) is 6.52. The molecule has 0 aliphatic carbocycles. The fourth-order valence-corrected chi connectivity index (χ4v) is 1.20. The lowest BCUT2D eigenvalue weighted by atomic mass is 10.2. The summed E-state index contributed by atoms with van der Waals surface area (Å²) >= 11 is 0. The van der Waals surface area contributed by atoms with Crippen molar-refractivity contribution in [3.05, 3.63) is 0 Å². The van der Waals surface area contributed by atoms with Gasteiger partial charge in [-0.05, 0) is 47.4 Å². The Morgan fingerprint density at radius 1 is 1.25 bits per heavy atom. The molecule has 0 unspecified atom stereocenters. The maximum atomic E-state index is 11.7. The summed E-state index contributed by atoms with van der Waals surface area (Å²) in [4.78, 5) is 26.9. The topological polar surface area (TPSA) is 103 Å². The molecule has 20 heavy (non-hydrogen) atoms. The smallest absolute Gasteiger partial charge is 0.408 e. The highest BCUT2D eigenvalue weighted by molar-refractivity contribution is 5.88. The normalized spacial score (nSPS) is 13.8. The van der Waals surface area contributed by atoms with Gasteiger partial charge >= 0.3 is 6.09 Å². The minimum Gasteiger partial charge on any atom is -0.861 e. The first kappa shape index (κ1) is 18.2. The SMILES string of the molecule is CC(C)N=C([O-])CNC(=O)[C@H](C)NC(=O)OC(C)(C)C. The Labute approximate surface area is 119 Å². The molecule has 0 saturated carbocycles. The number of aliphatic imine (C=N–C) groups is 1. The highest BCUT2D eigenvalue weighted by atomic mass is 16.6. The number of hydrogen-bond donors (Lipinski definition) is 2. The second kappa shape index (κ2) is 7.72. The molecule has 0 aliphatic rings. The molecular formula is C13H24N3O4-. The second-order valence-corrected chi connectivity index (χ2v) is 5.70. The van der Waals surface area contributed by atoms with Crippen molar-refractivity contribution in [1.29, 1.82) is 0 Å². The van der Waals surface area contributed by atoms with E-state index in [-0.39, 0.29) is 12.6 Å². The van der Waals surface area contributed by atoms with Crippen molar-refractivity contribution < 1.29 is 19.4 Å². The third-order valence-electron chi connectivity index (χ3n) is 1.94. The van der Waals surface area contributed by atoms with E-state index in [9.17, 15) is 14.7 Å².